The minimum Gasteiger partial charge on any atom is -0.492 e. The number of halogens is 1. The van der Waals surface area contributed by atoms with E-state index >= 15 is 0 Å². The van der Waals surface area contributed by atoms with E-state index in [2.05, 4.69) is 49.8 Å². The van der Waals surface area contributed by atoms with Crippen molar-refractivity contribution in [1.82, 2.24) is 4.90 Å². The lowest BCUT2D eigenvalue weighted by molar-refractivity contribution is 0.0622. The molecule has 1 saturated heterocycles. The summed E-state index contributed by atoms with van der Waals surface area (Å²) in [6, 6.07) is 5.66. The van der Waals surface area contributed by atoms with Crippen molar-refractivity contribution in [2.24, 2.45) is 5.92 Å². The van der Waals surface area contributed by atoms with E-state index in [1.54, 1.807) is 0 Å². The second-order valence-corrected chi connectivity index (χ2v) is 14.5. The third-order valence-electron chi connectivity index (χ3n) is 5.78. The normalized spacial score (nSPS) is 18.5. The lowest BCUT2D eigenvalue weighted by Crippen LogP contribution is -2.45. The minimum absolute atomic E-state index is 0.0526. The smallest absolute Gasteiger partial charge is 0.257 e. The van der Waals surface area contributed by atoms with Gasteiger partial charge in [-0.25, -0.2) is 0 Å². The molecule has 1 aromatic carbocycles. The molecule has 4 nitrogen and oxygen atoms in total. The number of para-hydroxylation sites is 1. The van der Waals surface area contributed by atoms with Gasteiger partial charge in [-0.1, -0.05) is 26.8 Å². The van der Waals surface area contributed by atoms with Crippen molar-refractivity contribution in [3.05, 3.63) is 28.2 Å². The summed E-state index contributed by atoms with van der Waals surface area (Å²) >= 11 is 3.51. The first-order valence-electron chi connectivity index (χ1n) is 9.91. The Morgan fingerprint density at radius 2 is 2.04 bits per heavy atom. The third kappa shape index (κ3) is 5.58. The van der Waals surface area contributed by atoms with Crippen LogP contribution in [-0.2, 0) is 4.43 Å². The fourth-order valence-electron chi connectivity index (χ4n) is 3.07. The molecule has 2 rings (SSSR count). The van der Waals surface area contributed by atoms with Gasteiger partial charge in [0.2, 0.25) is 0 Å². The molecular formula is C21H34BrNO3Si. The highest BCUT2D eigenvalue weighted by Crippen LogP contribution is 2.37. The van der Waals surface area contributed by atoms with Crippen molar-refractivity contribution in [2.75, 3.05) is 26.3 Å². The number of piperidine rings is 1. The van der Waals surface area contributed by atoms with Crippen molar-refractivity contribution < 1.29 is 14.0 Å². The predicted molar refractivity (Wildman–Crippen MR) is 117 cm³/mol. The van der Waals surface area contributed by atoms with E-state index in [1.165, 1.54) is 0 Å². The Balaban J connectivity index is 2.06. The molecule has 0 radical (unpaired) electrons. The van der Waals surface area contributed by atoms with Crippen molar-refractivity contribution in [3.8, 4) is 5.75 Å². The van der Waals surface area contributed by atoms with E-state index < -0.39 is 8.32 Å². The molecule has 152 valence electrons. The molecule has 0 saturated carbocycles. The largest absolute Gasteiger partial charge is 0.492 e. The highest BCUT2D eigenvalue weighted by molar-refractivity contribution is 9.10. The molecule has 1 heterocycles. The van der Waals surface area contributed by atoms with Gasteiger partial charge in [-0.3, -0.25) is 4.79 Å². The van der Waals surface area contributed by atoms with Gasteiger partial charge >= 0.3 is 0 Å². The Kier molecular flexibility index (Phi) is 7.56. The van der Waals surface area contributed by atoms with Crippen LogP contribution in [0.15, 0.2) is 22.7 Å². The van der Waals surface area contributed by atoms with Crippen LogP contribution in [0, 0.1) is 5.92 Å². The molecule has 1 aliphatic heterocycles. The summed E-state index contributed by atoms with van der Waals surface area (Å²) in [5.74, 6) is 1.10. The number of hydrogen-bond donors (Lipinski definition) is 0. The number of ether oxygens (including phenoxy) is 1. The summed E-state index contributed by atoms with van der Waals surface area (Å²) in [6.45, 7) is 16.1. The molecule has 0 N–H and O–H groups in total. The van der Waals surface area contributed by atoms with E-state index in [0.29, 0.717) is 23.8 Å². The summed E-state index contributed by atoms with van der Waals surface area (Å²) < 4.78 is 13.0. The van der Waals surface area contributed by atoms with Gasteiger partial charge in [0.25, 0.3) is 5.91 Å². The Hall–Kier alpha value is -0.853. The summed E-state index contributed by atoms with van der Waals surface area (Å²) in [5, 5.41) is 0.208. The van der Waals surface area contributed by atoms with Gasteiger partial charge in [0.15, 0.2) is 8.32 Å². The number of rotatable bonds is 6. The predicted octanol–water partition coefficient (Wildman–Crippen LogP) is 5.72. The topological polar surface area (TPSA) is 38.8 Å². The zero-order valence-electron chi connectivity index (χ0n) is 17.6. The van der Waals surface area contributed by atoms with Crippen LogP contribution < -0.4 is 4.74 Å². The maximum atomic E-state index is 13.1. The van der Waals surface area contributed by atoms with E-state index in [-0.39, 0.29) is 10.9 Å². The first-order valence-corrected chi connectivity index (χ1v) is 13.6. The summed E-state index contributed by atoms with van der Waals surface area (Å²) in [5.41, 5.74) is 0.636. The average Bonchev–Trinajstić information content (AvgIpc) is 2.60. The van der Waals surface area contributed by atoms with Crippen LogP contribution in [0.3, 0.4) is 0 Å². The van der Waals surface area contributed by atoms with Crippen LogP contribution in [0.1, 0.15) is 50.9 Å². The van der Waals surface area contributed by atoms with Gasteiger partial charge < -0.3 is 14.1 Å². The van der Waals surface area contributed by atoms with E-state index in [9.17, 15) is 4.79 Å². The summed E-state index contributed by atoms with van der Waals surface area (Å²) in [6.07, 6.45) is 2.14. The lowest BCUT2D eigenvalue weighted by atomic mass is 9.98. The van der Waals surface area contributed by atoms with Crippen LogP contribution in [0.2, 0.25) is 18.1 Å². The number of hydrogen-bond acceptors (Lipinski definition) is 3. The highest BCUT2D eigenvalue weighted by Gasteiger charge is 2.38. The Morgan fingerprint density at radius 1 is 1.33 bits per heavy atom. The molecule has 0 aromatic heterocycles. The molecule has 1 fully saturated rings. The first kappa shape index (κ1) is 22.4. The first-order chi connectivity index (χ1) is 12.6. The molecule has 1 aliphatic rings. The fraction of sp³-hybridized carbons (Fsp3) is 0.667. The maximum absolute atomic E-state index is 13.1. The standard InChI is InChI=1S/C21H34BrNO3Si/c1-7-25-19-17(11-8-12-18(19)22)20(24)23-13-9-10-16(14-23)15-26-27(5,6)21(2,3)4/h8,11-12,16H,7,9-10,13-15H2,1-6H3. The molecule has 0 aliphatic carbocycles. The quantitative estimate of drug-likeness (QED) is 0.514. The van der Waals surface area contributed by atoms with Crippen LogP contribution >= 0.6 is 15.9 Å². The zero-order valence-corrected chi connectivity index (χ0v) is 20.2. The Morgan fingerprint density at radius 3 is 2.67 bits per heavy atom. The number of likely N-dealkylation sites (tertiary alicyclic amines) is 1. The molecule has 1 atom stereocenters. The number of carbonyl (C=O) groups is 1. The molecular weight excluding hydrogens is 422 g/mol. The average molecular weight is 456 g/mol. The van der Waals surface area contributed by atoms with Gasteiger partial charge in [0, 0.05) is 19.7 Å². The molecule has 27 heavy (non-hydrogen) atoms. The molecule has 6 heteroatoms. The lowest BCUT2D eigenvalue weighted by Gasteiger charge is -2.39. The van der Waals surface area contributed by atoms with Gasteiger partial charge in [0.05, 0.1) is 16.6 Å². The summed E-state index contributed by atoms with van der Waals surface area (Å²) in [4.78, 5) is 15.1. The third-order valence-corrected chi connectivity index (χ3v) is 10.9. The fourth-order valence-corrected chi connectivity index (χ4v) is 4.63. The van der Waals surface area contributed by atoms with Crippen molar-refractivity contribution in [3.63, 3.8) is 0 Å². The maximum Gasteiger partial charge on any atom is 0.257 e. The SMILES string of the molecule is CCOc1c(Br)cccc1C(=O)N1CCCC(CO[Si](C)(C)C(C)(C)C)C1. The van der Waals surface area contributed by atoms with Crippen LogP contribution in [0.25, 0.3) is 0 Å². The van der Waals surface area contributed by atoms with E-state index in [0.717, 1.165) is 37.0 Å². The van der Waals surface area contributed by atoms with Gasteiger partial charge in [-0.2, -0.15) is 0 Å². The number of benzene rings is 1. The number of nitrogens with zero attached hydrogens (tertiary/aromatic N) is 1. The zero-order chi connectivity index (χ0) is 20.2. The second kappa shape index (κ2) is 9.10. The van der Waals surface area contributed by atoms with Crippen LogP contribution in [0.4, 0.5) is 0 Å². The minimum atomic E-state index is -1.76. The van der Waals surface area contributed by atoms with Gasteiger partial charge in [-0.15, -0.1) is 0 Å². The second-order valence-electron chi connectivity index (χ2n) is 8.88. The molecule has 1 unspecified atom stereocenters. The molecule has 1 amide bonds. The van der Waals surface area contributed by atoms with Gasteiger partial charge in [0.1, 0.15) is 5.75 Å². The Labute approximate surface area is 173 Å². The van der Waals surface area contributed by atoms with E-state index in [4.69, 9.17) is 9.16 Å². The van der Waals surface area contributed by atoms with Crippen molar-refractivity contribution in [1.29, 1.82) is 0 Å². The summed E-state index contributed by atoms with van der Waals surface area (Å²) in [7, 11) is -1.76. The number of amides is 1. The Bertz CT molecular complexity index is 657. The van der Waals surface area contributed by atoms with Crippen molar-refractivity contribution >= 4 is 30.2 Å². The monoisotopic (exact) mass is 455 g/mol. The van der Waals surface area contributed by atoms with Gasteiger partial charge in [-0.05, 0) is 71.9 Å². The number of carbonyl (C=O) groups excluding carboxylic acids is 1. The molecule has 0 bridgehead atoms. The van der Waals surface area contributed by atoms with Crippen LogP contribution in [0.5, 0.6) is 5.75 Å². The van der Waals surface area contributed by atoms with Crippen LogP contribution in [-0.4, -0.2) is 45.4 Å². The highest BCUT2D eigenvalue weighted by atomic mass is 79.9. The molecule has 1 aromatic rings. The van der Waals surface area contributed by atoms with E-state index in [1.807, 2.05) is 30.0 Å². The molecule has 0 spiro atoms. The van der Waals surface area contributed by atoms with Crippen molar-refractivity contribution in [2.45, 2.75) is 58.7 Å².